The van der Waals surface area contributed by atoms with E-state index in [4.69, 9.17) is 0 Å². The van der Waals surface area contributed by atoms with Crippen LogP contribution in [-0.2, 0) is 17.9 Å². The van der Waals surface area contributed by atoms with E-state index in [0.717, 1.165) is 39.0 Å². The molecular formula is C17H26N2O2. The van der Waals surface area contributed by atoms with E-state index in [1.807, 2.05) is 0 Å². The zero-order valence-corrected chi connectivity index (χ0v) is 13.1. The van der Waals surface area contributed by atoms with Gasteiger partial charge in [0.1, 0.15) is 5.54 Å². The van der Waals surface area contributed by atoms with Crippen molar-refractivity contribution < 1.29 is 9.90 Å². The number of hydrogen-bond acceptors (Lipinski definition) is 3. The lowest BCUT2D eigenvalue weighted by atomic mass is 9.95. The molecule has 0 radical (unpaired) electrons. The number of carboxylic acid groups (broad SMARTS) is 1. The maximum atomic E-state index is 11.5. The summed E-state index contributed by atoms with van der Waals surface area (Å²) < 4.78 is 0. The number of aliphatic carboxylic acids is 1. The Morgan fingerprint density at radius 2 is 1.95 bits per heavy atom. The third-order valence-electron chi connectivity index (χ3n) is 4.29. The van der Waals surface area contributed by atoms with Crippen LogP contribution in [0.1, 0.15) is 44.2 Å². The summed E-state index contributed by atoms with van der Waals surface area (Å²) in [5.74, 6) is -0.749. The molecule has 1 atom stereocenters. The number of nitrogens with one attached hydrogen (secondary N) is 1. The number of benzene rings is 1. The lowest BCUT2D eigenvalue weighted by Gasteiger charge is -2.27. The number of rotatable bonds is 8. The second kappa shape index (κ2) is 7.05. The van der Waals surface area contributed by atoms with E-state index >= 15 is 0 Å². The molecule has 1 aliphatic rings. The van der Waals surface area contributed by atoms with Crippen molar-refractivity contribution in [1.82, 2.24) is 10.2 Å². The van der Waals surface area contributed by atoms with Crippen LogP contribution in [-0.4, -0.2) is 34.6 Å². The molecule has 0 bridgehead atoms. The van der Waals surface area contributed by atoms with Crippen LogP contribution in [0.25, 0.3) is 0 Å². The third-order valence-corrected chi connectivity index (χ3v) is 4.29. The Labute approximate surface area is 127 Å². The Bertz CT molecular complexity index is 464. The summed E-state index contributed by atoms with van der Waals surface area (Å²) in [5, 5.41) is 12.6. The highest BCUT2D eigenvalue weighted by molar-refractivity contribution is 5.78. The molecule has 1 aliphatic heterocycles. The van der Waals surface area contributed by atoms with E-state index in [2.05, 4.69) is 41.4 Å². The molecule has 0 spiro atoms. The maximum absolute atomic E-state index is 11.5. The average molecular weight is 290 g/mol. The molecule has 4 nitrogen and oxygen atoms in total. The average Bonchev–Trinajstić information content (AvgIpc) is 2.87. The lowest BCUT2D eigenvalue weighted by molar-refractivity contribution is -0.144. The number of hydrogen-bond donors (Lipinski definition) is 2. The number of nitrogens with zero attached hydrogens (tertiary/aromatic N) is 1. The van der Waals surface area contributed by atoms with Crippen molar-refractivity contribution in [1.29, 1.82) is 0 Å². The Kier molecular flexibility index (Phi) is 5.37. The van der Waals surface area contributed by atoms with Crippen molar-refractivity contribution in [3.8, 4) is 0 Å². The fraction of sp³-hybridized carbons (Fsp3) is 0.588. The minimum atomic E-state index is -0.803. The van der Waals surface area contributed by atoms with E-state index in [-0.39, 0.29) is 0 Å². The predicted octanol–water partition coefficient (Wildman–Crippen LogP) is 2.63. The van der Waals surface area contributed by atoms with Crippen LogP contribution < -0.4 is 5.32 Å². The van der Waals surface area contributed by atoms with Crippen molar-refractivity contribution in [3.63, 3.8) is 0 Å². The highest BCUT2D eigenvalue weighted by Crippen LogP contribution is 2.23. The summed E-state index contributed by atoms with van der Waals surface area (Å²) in [6.45, 7) is 7.52. The SMILES string of the molecule is CCCNC(C)(CCCN1Cc2ccccc2C1)C(=O)O. The standard InChI is InChI=1S/C17H26N2O2/c1-3-10-18-17(2,16(20)21)9-6-11-19-12-14-7-4-5-8-15(14)13-19/h4-5,7-8,18H,3,6,9-13H2,1-2H3,(H,20,21). The van der Waals surface area contributed by atoms with Crippen molar-refractivity contribution in [3.05, 3.63) is 35.4 Å². The van der Waals surface area contributed by atoms with Crippen LogP contribution in [0.2, 0.25) is 0 Å². The monoisotopic (exact) mass is 290 g/mol. The smallest absolute Gasteiger partial charge is 0.323 e. The van der Waals surface area contributed by atoms with Gasteiger partial charge >= 0.3 is 5.97 Å². The van der Waals surface area contributed by atoms with Gasteiger partial charge in [0.2, 0.25) is 0 Å². The Hall–Kier alpha value is -1.39. The second-order valence-corrected chi connectivity index (χ2v) is 6.15. The summed E-state index contributed by atoms with van der Waals surface area (Å²) in [6.07, 6.45) is 2.51. The highest BCUT2D eigenvalue weighted by atomic mass is 16.4. The first-order chi connectivity index (χ1) is 10.0. The van der Waals surface area contributed by atoms with E-state index in [1.165, 1.54) is 11.1 Å². The molecular weight excluding hydrogens is 264 g/mol. The van der Waals surface area contributed by atoms with Crippen LogP contribution in [0.3, 0.4) is 0 Å². The molecule has 21 heavy (non-hydrogen) atoms. The molecule has 0 amide bonds. The molecule has 1 aromatic carbocycles. The second-order valence-electron chi connectivity index (χ2n) is 6.15. The van der Waals surface area contributed by atoms with E-state index in [9.17, 15) is 9.90 Å². The molecule has 4 heteroatoms. The number of carbonyl (C=O) groups is 1. The fourth-order valence-corrected chi connectivity index (χ4v) is 2.89. The summed E-state index contributed by atoms with van der Waals surface area (Å²) in [5.41, 5.74) is 2.01. The molecule has 0 fully saturated rings. The van der Waals surface area contributed by atoms with Gasteiger partial charge in [-0.3, -0.25) is 9.69 Å². The molecule has 0 aliphatic carbocycles. The minimum absolute atomic E-state index is 0.662. The fourth-order valence-electron chi connectivity index (χ4n) is 2.89. The van der Waals surface area contributed by atoms with Gasteiger partial charge in [0.25, 0.3) is 0 Å². The lowest BCUT2D eigenvalue weighted by Crippen LogP contribution is -2.50. The summed E-state index contributed by atoms with van der Waals surface area (Å²) >= 11 is 0. The van der Waals surface area contributed by atoms with E-state index in [0.29, 0.717) is 6.42 Å². The molecule has 116 valence electrons. The molecule has 1 aromatic rings. The van der Waals surface area contributed by atoms with Gasteiger partial charge in [0.05, 0.1) is 0 Å². The van der Waals surface area contributed by atoms with Gasteiger partial charge < -0.3 is 10.4 Å². The van der Waals surface area contributed by atoms with E-state index in [1.54, 1.807) is 6.92 Å². The Balaban J connectivity index is 1.80. The van der Waals surface area contributed by atoms with Crippen LogP contribution in [0.5, 0.6) is 0 Å². The van der Waals surface area contributed by atoms with Crippen molar-refractivity contribution in [2.75, 3.05) is 13.1 Å². The molecule has 1 heterocycles. The van der Waals surface area contributed by atoms with Gasteiger partial charge in [-0.15, -0.1) is 0 Å². The molecule has 1 unspecified atom stereocenters. The predicted molar refractivity (Wildman–Crippen MR) is 84.1 cm³/mol. The quantitative estimate of drug-likeness (QED) is 0.773. The van der Waals surface area contributed by atoms with Gasteiger partial charge in [-0.05, 0) is 50.4 Å². The molecule has 0 saturated carbocycles. The molecule has 0 saturated heterocycles. The molecule has 2 rings (SSSR count). The molecule has 2 N–H and O–H groups in total. The topological polar surface area (TPSA) is 52.6 Å². The summed E-state index contributed by atoms with van der Waals surface area (Å²) in [4.78, 5) is 13.9. The van der Waals surface area contributed by atoms with Crippen molar-refractivity contribution >= 4 is 5.97 Å². The van der Waals surface area contributed by atoms with E-state index < -0.39 is 11.5 Å². The van der Waals surface area contributed by atoms with Crippen LogP contribution in [0.4, 0.5) is 0 Å². The number of carboxylic acids is 1. The first-order valence-electron chi connectivity index (χ1n) is 7.83. The van der Waals surface area contributed by atoms with Gasteiger partial charge in [-0.2, -0.15) is 0 Å². The normalized spacial score (nSPS) is 17.4. The summed E-state index contributed by atoms with van der Waals surface area (Å²) in [6, 6.07) is 8.52. The van der Waals surface area contributed by atoms with Gasteiger partial charge in [0, 0.05) is 13.1 Å². The highest BCUT2D eigenvalue weighted by Gasteiger charge is 2.31. The summed E-state index contributed by atoms with van der Waals surface area (Å²) in [7, 11) is 0. The zero-order chi connectivity index (χ0) is 15.3. The molecule has 0 aromatic heterocycles. The number of fused-ring (bicyclic) bond motifs is 1. The van der Waals surface area contributed by atoms with Gasteiger partial charge in [0.15, 0.2) is 0 Å². The Morgan fingerprint density at radius 3 is 2.48 bits per heavy atom. The Morgan fingerprint density at radius 1 is 1.33 bits per heavy atom. The van der Waals surface area contributed by atoms with Crippen LogP contribution in [0, 0.1) is 0 Å². The largest absolute Gasteiger partial charge is 0.480 e. The van der Waals surface area contributed by atoms with Crippen molar-refractivity contribution in [2.45, 2.75) is 51.7 Å². The van der Waals surface area contributed by atoms with Gasteiger partial charge in [-0.1, -0.05) is 31.2 Å². The maximum Gasteiger partial charge on any atom is 0.323 e. The zero-order valence-electron chi connectivity index (χ0n) is 13.1. The van der Waals surface area contributed by atoms with Crippen molar-refractivity contribution in [2.24, 2.45) is 0 Å². The van der Waals surface area contributed by atoms with Gasteiger partial charge in [-0.25, -0.2) is 0 Å². The third kappa shape index (κ3) is 4.05. The van der Waals surface area contributed by atoms with Crippen LogP contribution >= 0.6 is 0 Å². The van der Waals surface area contributed by atoms with Crippen LogP contribution in [0.15, 0.2) is 24.3 Å². The first-order valence-corrected chi connectivity index (χ1v) is 7.83. The first kappa shape index (κ1) is 16.0. The minimum Gasteiger partial charge on any atom is -0.480 e.